The minimum atomic E-state index is -3.58. The Balaban J connectivity index is 1.67. The van der Waals surface area contributed by atoms with Gasteiger partial charge < -0.3 is 0 Å². The normalized spacial score (nSPS) is 16.3. The molecule has 29 heavy (non-hydrogen) atoms. The molecule has 0 radical (unpaired) electrons. The van der Waals surface area contributed by atoms with E-state index in [-0.39, 0.29) is 6.04 Å². The zero-order chi connectivity index (χ0) is 20.4. The Hall–Kier alpha value is -2.21. The van der Waals surface area contributed by atoms with Gasteiger partial charge in [-0.1, -0.05) is 54.6 Å². The van der Waals surface area contributed by atoms with Crippen molar-refractivity contribution in [2.45, 2.75) is 37.6 Å². The Kier molecular flexibility index (Phi) is 5.72. The lowest BCUT2D eigenvalue weighted by atomic mass is 9.98. The summed E-state index contributed by atoms with van der Waals surface area (Å²) in [6.45, 7) is 6.13. The Labute approximate surface area is 173 Å². The van der Waals surface area contributed by atoms with E-state index in [1.54, 1.807) is 6.07 Å². The third-order valence-corrected chi connectivity index (χ3v) is 7.43. The number of sulfonamides is 1. The lowest BCUT2D eigenvalue weighted by Gasteiger charge is -2.29. The van der Waals surface area contributed by atoms with Gasteiger partial charge >= 0.3 is 0 Å². The quantitative estimate of drug-likeness (QED) is 0.650. The number of rotatable bonds is 6. The summed E-state index contributed by atoms with van der Waals surface area (Å²) in [5.74, 6) is 0. The molecule has 0 unspecified atom stereocenters. The molecule has 5 heteroatoms. The van der Waals surface area contributed by atoms with Gasteiger partial charge in [-0.3, -0.25) is 4.90 Å². The Bertz CT molecular complexity index is 1110. The molecular formula is C24H28N2O2S. The summed E-state index contributed by atoms with van der Waals surface area (Å²) in [5, 5.41) is 2.38. The van der Waals surface area contributed by atoms with Crippen LogP contribution >= 0.6 is 0 Å². The molecular weight excluding hydrogens is 380 g/mol. The summed E-state index contributed by atoms with van der Waals surface area (Å²) in [7, 11) is -3.58. The van der Waals surface area contributed by atoms with Crippen LogP contribution in [0.5, 0.6) is 0 Å². The van der Waals surface area contributed by atoms with E-state index in [2.05, 4.69) is 40.0 Å². The van der Waals surface area contributed by atoms with E-state index in [9.17, 15) is 8.42 Å². The highest BCUT2D eigenvalue weighted by Gasteiger charge is 2.27. The number of nitrogens with zero attached hydrogens (tertiary/aromatic N) is 1. The highest BCUT2D eigenvalue weighted by atomic mass is 32.2. The van der Waals surface area contributed by atoms with E-state index >= 15 is 0 Å². The summed E-state index contributed by atoms with van der Waals surface area (Å²) in [6.07, 6.45) is 2.32. The smallest absolute Gasteiger partial charge is 0.240 e. The first-order valence-electron chi connectivity index (χ1n) is 10.2. The van der Waals surface area contributed by atoms with Crippen molar-refractivity contribution in [2.24, 2.45) is 0 Å². The summed E-state index contributed by atoms with van der Waals surface area (Å²) in [4.78, 5) is 2.78. The molecule has 0 saturated carbocycles. The maximum atomic E-state index is 13.1. The summed E-state index contributed by atoms with van der Waals surface area (Å²) in [6, 6.07) is 20.2. The molecule has 3 aromatic carbocycles. The summed E-state index contributed by atoms with van der Waals surface area (Å²) in [5.41, 5.74) is 2.90. The van der Waals surface area contributed by atoms with Crippen LogP contribution in [-0.4, -0.2) is 33.0 Å². The zero-order valence-electron chi connectivity index (χ0n) is 17.1. The minimum Gasteiger partial charge on any atom is -0.295 e. The van der Waals surface area contributed by atoms with Gasteiger partial charge in [0.25, 0.3) is 0 Å². The number of hydrogen-bond donors (Lipinski definition) is 1. The van der Waals surface area contributed by atoms with E-state index < -0.39 is 10.0 Å². The van der Waals surface area contributed by atoms with Crippen molar-refractivity contribution in [1.29, 1.82) is 0 Å². The van der Waals surface area contributed by atoms with Crippen molar-refractivity contribution >= 4 is 20.8 Å². The predicted molar refractivity (Wildman–Crippen MR) is 119 cm³/mol. The molecule has 0 amide bonds. The summed E-state index contributed by atoms with van der Waals surface area (Å²) < 4.78 is 29.1. The molecule has 1 fully saturated rings. The SMILES string of the molecule is Cc1ccc(C)c(S(=O)(=O)NC[C@@H](c2cccc3ccccc23)N2CCCC2)c1. The second kappa shape index (κ2) is 8.27. The standard InChI is InChI=1S/C24H28N2O2S/c1-18-12-13-19(2)24(16-18)29(27,28)25-17-23(26-14-5-6-15-26)22-11-7-9-20-8-3-4-10-21(20)22/h3-4,7-13,16,23,25H,5-6,14-15,17H2,1-2H3/t23-/m0/s1. The first-order chi connectivity index (χ1) is 14.0. The van der Waals surface area contributed by atoms with Gasteiger partial charge in [0.05, 0.1) is 4.90 Å². The van der Waals surface area contributed by atoms with Gasteiger partial charge in [0.2, 0.25) is 10.0 Å². The molecule has 1 aliphatic rings. The Morgan fingerprint density at radius 3 is 2.48 bits per heavy atom. The molecule has 3 aromatic rings. The largest absolute Gasteiger partial charge is 0.295 e. The molecule has 1 heterocycles. The van der Waals surface area contributed by atoms with Crippen LogP contribution in [0.3, 0.4) is 0 Å². The van der Waals surface area contributed by atoms with Crippen LogP contribution in [0.2, 0.25) is 0 Å². The zero-order valence-corrected chi connectivity index (χ0v) is 17.9. The van der Waals surface area contributed by atoms with E-state index in [0.717, 1.165) is 37.1 Å². The third-order valence-electron chi connectivity index (χ3n) is 5.86. The van der Waals surface area contributed by atoms with E-state index in [4.69, 9.17) is 0 Å². The number of fused-ring (bicyclic) bond motifs is 1. The lowest BCUT2D eigenvalue weighted by Crippen LogP contribution is -2.37. The average Bonchev–Trinajstić information content (AvgIpc) is 3.24. The van der Waals surface area contributed by atoms with Gasteiger partial charge in [-0.2, -0.15) is 0 Å². The van der Waals surface area contributed by atoms with Gasteiger partial charge in [-0.05, 0) is 73.3 Å². The second-order valence-corrected chi connectivity index (χ2v) is 9.68. The van der Waals surface area contributed by atoms with Gasteiger partial charge in [-0.25, -0.2) is 13.1 Å². The highest BCUT2D eigenvalue weighted by molar-refractivity contribution is 7.89. The fourth-order valence-electron chi connectivity index (χ4n) is 4.29. The molecule has 1 N–H and O–H groups in total. The molecule has 0 aromatic heterocycles. The van der Waals surface area contributed by atoms with Crippen molar-refractivity contribution in [1.82, 2.24) is 9.62 Å². The molecule has 1 saturated heterocycles. The van der Waals surface area contributed by atoms with Crippen molar-refractivity contribution in [2.75, 3.05) is 19.6 Å². The van der Waals surface area contributed by atoms with Crippen LogP contribution < -0.4 is 4.72 Å². The van der Waals surface area contributed by atoms with Crippen LogP contribution in [0.1, 0.15) is 35.6 Å². The number of likely N-dealkylation sites (tertiary alicyclic amines) is 1. The molecule has 0 bridgehead atoms. The van der Waals surface area contributed by atoms with Gasteiger partial charge in [0.15, 0.2) is 0 Å². The van der Waals surface area contributed by atoms with E-state index in [0.29, 0.717) is 11.4 Å². The number of benzene rings is 3. The van der Waals surface area contributed by atoms with Crippen LogP contribution in [0, 0.1) is 13.8 Å². The molecule has 0 aliphatic carbocycles. The Morgan fingerprint density at radius 2 is 1.69 bits per heavy atom. The van der Waals surface area contributed by atoms with Crippen LogP contribution in [0.25, 0.3) is 10.8 Å². The summed E-state index contributed by atoms with van der Waals surface area (Å²) >= 11 is 0. The predicted octanol–water partition coefficient (Wildman–Crippen LogP) is 4.57. The van der Waals surface area contributed by atoms with Crippen LogP contribution in [-0.2, 0) is 10.0 Å². The lowest BCUT2D eigenvalue weighted by molar-refractivity contribution is 0.248. The maximum absolute atomic E-state index is 13.1. The molecule has 4 nitrogen and oxygen atoms in total. The van der Waals surface area contributed by atoms with Crippen molar-refractivity contribution < 1.29 is 8.42 Å². The van der Waals surface area contributed by atoms with Crippen LogP contribution in [0.15, 0.2) is 65.6 Å². The van der Waals surface area contributed by atoms with Gasteiger partial charge in [0.1, 0.15) is 0 Å². The third kappa shape index (κ3) is 4.22. The second-order valence-electron chi connectivity index (χ2n) is 7.95. The van der Waals surface area contributed by atoms with E-state index in [1.807, 2.05) is 38.1 Å². The van der Waals surface area contributed by atoms with E-state index in [1.165, 1.54) is 16.3 Å². The fraction of sp³-hybridized carbons (Fsp3) is 0.333. The van der Waals surface area contributed by atoms with Crippen molar-refractivity contribution in [3.8, 4) is 0 Å². The maximum Gasteiger partial charge on any atom is 0.240 e. The first-order valence-corrected chi connectivity index (χ1v) is 11.7. The highest BCUT2D eigenvalue weighted by Crippen LogP contribution is 2.31. The van der Waals surface area contributed by atoms with Crippen LogP contribution in [0.4, 0.5) is 0 Å². The van der Waals surface area contributed by atoms with Crippen molar-refractivity contribution in [3.05, 3.63) is 77.4 Å². The fourth-order valence-corrected chi connectivity index (χ4v) is 5.66. The number of hydrogen-bond acceptors (Lipinski definition) is 3. The van der Waals surface area contributed by atoms with Gasteiger partial charge in [0, 0.05) is 12.6 Å². The molecule has 1 atom stereocenters. The molecule has 1 aliphatic heterocycles. The monoisotopic (exact) mass is 408 g/mol. The average molecular weight is 409 g/mol. The first kappa shape index (κ1) is 20.1. The molecule has 0 spiro atoms. The van der Waals surface area contributed by atoms with Crippen molar-refractivity contribution in [3.63, 3.8) is 0 Å². The minimum absolute atomic E-state index is 0.0171. The topological polar surface area (TPSA) is 49.4 Å². The Morgan fingerprint density at radius 1 is 0.966 bits per heavy atom. The number of nitrogens with one attached hydrogen (secondary N) is 1. The molecule has 4 rings (SSSR count). The van der Waals surface area contributed by atoms with Gasteiger partial charge in [-0.15, -0.1) is 0 Å². The number of aryl methyl sites for hydroxylation is 2. The molecule has 152 valence electrons.